The summed E-state index contributed by atoms with van der Waals surface area (Å²) in [5.41, 5.74) is 7.87. The van der Waals surface area contributed by atoms with Crippen LogP contribution in [0.2, 0.25) is 5.02 Å². The van der Waals surface area contributed by atoms with Crippen molar-refractivity contribution < 1.29 is 4.79 Å². The Bertz CT molecular complexity index is 618. The van der Waals surface area contributed by atoms with Crippen molar-refractivity contribution in [3.8, 4) is 0 Å². The number of hydrogen-bond acceptors (Lipinski definition) is 4. The lowest BCUT2D eigenvalue weighted by molar-refractivity contribution is -0.117. The van der Waals surface area contributed by atoms with Crippen LogP contribution in [-0.2, 0) is 11.3 Å². The highest BCUT2D eigenvalue weighted by atomic mass is 35.5. The first-order valence-electron chi connectivity index (χ1n) is 6.47. The van der Waals surface area contributed by atoms with Crippen molar-refractivity contribution in [1.82, 2.24) is 9.88 Å². The van der Waals surface area contributed by atoms with Gasteiger partial charge in [0.2, 0.25) is 5.91 Å². The molecule has 1 aromatic heterocycles. The first-order valence-corrected chi connectivity index (χ1v) is 6.84. The van der Waals surface area contributed by atoms with Crippen LogP contribution in [0.4, 0.5) is 11.4 Å². The van der Waals surface area contributed by atoms with Crippen molar-refractivity contribution in [3.05, 3.63) is 53.3 Å². The molecular formula is C15H17ClN4O. The Morgan fingerprint density at radius 1 is 1.43 bits per heavy atom. The van der Waals surface area contributed by atoms with Gasteiger partial charge in [-0.05, 0) is 36.9 Å². The van der Waals surface area contributed by atoms with Gasteiger partial charge in [0.25, 0.3) is 0 Å². The predicted octanol–water partition coefficient (Wildman–Crippen LogP) is 2.39. The average Bonchev–Trinajstić information content (AvgIpc) is 2.43. The summed E-state index contributed by atoms with van der Waals surface area (Å²) in [7, 11) is 1.87. The van der Waals surface area contributed by atoms with Gasteiger partial charge in [-0.2, -0.15) is 0 Å². The predicted molar refractivity (Wildman–Crippen MR) is 85.1 cm³/mol. The van der Waals surface area contributed by atoms with Crippen LogP contribution >= 0.6 is 11.6 Å². The molecule has 0 unspecified atom stereocenters. The topological polar surface area (TPSA) is 71.2 Å². The Kier molecular flexibility index (Phi) is 5.14. The fourth-order valence-corrected chi connectivity index (χ4v) is 2.10. The van der Waals surface area contributed by atoms with E-state index < -0.39 is 0 Å². The Labute approximate surface area is 128 Å². The van der Waals surface area contributed by atoms with Crippen LogP contribution in [-0.4, -0.2) is 29.4 Å². The Balaban J connectivity index is 1.91. The van der Waals surface area contributed by atoms with E-state index in [1.165, 1.54) is 0 Å². The number of hydrogen-bond donors (Lipinski definition) is 2. The van der Waals surface area contributed by atoms with Crippen molar-refractivity contribution >= 4 is 28.9 Å². The SMILES string of the molecule is CN(CC(=O)Nc1cc(Cl)ccc1N)Cc1cccnc1. The lowest BCUT2D eigenvalue weighted by Gasteiger charge is -2.16. The lowest BCUT2D eigenvalue weighted by atomic mass is 10.2. The molecule has 5 nitrogen and oxygen atoms in total. The van der Waals surface area contributed by atoms with Crippen LogP contribution < -0.4 is 11.1 Å². The molecule has 0 atom stereocenters. The second-order valence-electron chi connectivity index (χ2n) is 4.81. The second-order valence-corrected chi connectivity index (χ2v) is 5.25. The summed E-state index contributed by atoms with van der Waals surface area (Å²) in [4.78, 5) is 18.0. The number of amides is 1. The number of carbonyl (C=O) groups excluding carboxylic acids is 1. The van der Waals surface area contributed by atoms with E-state index in [9.17, 15) is 4.79 Å². The number of pyridine rings is 1. The number of anilines is 2. The highest BCUT2D eigenvalue weighted by Gasteiger charge is 2.09. The molecule has 21 heavy (non-hydrogen) atoms. The minimum Gasteiger partial charge on any atom is -0.397 e. The van der Waals surface area contributed by atoms with Crippen LogP contribution in [0.5, 0.6) is 0 Å². The molecule has 1 amide bonds. The van der Waals surface area contributed by atoms with Crippen LogP contribution in [0, 0.1) is 0 Å². The van der Waals surface area contributed by atoms with Crippen LogP contribution in [0.3, 0.4) is 0 Å². The molecule has 6 heteroatoms. The van der Waals surface area contributed by atoms with Gasteiger partial charge in [0, 0.05) is 24.0 Å². The molecule has 0 fully saturated rings. The van der Waals surface area contributed by atoms with Crippen LogP contribution in [0.25, 0.3) is 0 Å². The van der Waals surface area contributed by atoms with Crippen molar-refractivity contribution in [2.45, 2.75) is 6.54 Å². The maximum Gasteiger partial charge on any atom is 0.238 e. The summed E-state index contributed by atoms with van der Waals surface area (Å²) in [6.07, 6.45) is 3.50. The van der Waals surface area contributed by atoms with E-state index in [4.69, 9.17) is 17.3 Å². The van der Waals surface area contributed by atoms with Crippen LogP contribution in [0.1, 0.15) is 5.56 Å². The standard InChI is InChI=1S/C15H17ClN4O/c1-20(9-11-3-2-6-18-8-11)10-15(21)19-14-7-12(16)4-5-13(14)17/h2-8H,9-10,17H2,1H3,(H,19,21). The second kappa shape index (κ2) is 7.06. The zero-order valence-corrected chi connectivity index (χ0v) is 12.5. The quantitative estimate of drug-likeness (QED) is 0.832. The van der Waals surface area contributed by atoms with Gasteiger partial charge in [0.15, 0.2) is 0 Å². The lowest BCUT2D eigenvalue weighted by Crippen LogP contribution is -2.30. The highest BCUT2D eigenvalue weighted by molar-refractivity contribution is 6.31. The van der Waals surface area contributed by atoms with Gasteiger partial charge in [-0.25, -0.2) is 0 Å². The molecule has 0 bridgehead atoms. The molecule has 2 rings (SSSR count). The zero-order valence-electron chi connectivity index (χ0n) is 11.7. The first-order chi connectivity index (χ1) is 10.0. The minimum atomic E-state index is -0.143. The Morgan fingerprint density at radius 3 is 2.95 bits per heavy atom. The number of rotatable bonds is 5. The third kappa shape index (κ3) is 4.73. The van der Waals surface area contributed by atoms with Gasteiger partial charge in [-0.1, -0.05) is 17.7 Å². The van der Waals surface area contributed by atoms with E-state index in [1.54, 1.807) is 30.6 Å². The van der Waals surface area contributed by atoms with Crippen molar-refractivity contribution in [2.24, 2.45) is 0 Å². The van der Waals surface area contributed by atoms with E-state index in [-0.39, 0.29) is 12.5 Å². The normalized spacial score (nSPS) is 10.6. The molecule has 0 aliphatic carbocycles. The number of nitrogens with two attached hydrogens (primary N) is 1. The molecule has 110 valence electrons. The Morgan fingerprint density at radius 2 is 2.24 bits per heavy atom. The fourth-order valence-electron chi connectivity index (χ4n) is 1.93. The summed E-state index contributed by atoms with van der Waals surface area (Å²) in [6.45, 7) is 0.896. The minimum absolute atomic E-state index is 0.143. The molecule has 0 saturated heterocycles. The van der Waals surface area contributed by atoms with E-state index in [2.05, 4.69) is 10.3 Å². The monoisotopic (exact) mass is 304 g/mol. The molecule has 3 N–H and O–H groups in total. The first kappa shape index (κ1) is 15.3. The number of nitrogen functional groups attached to an aromatic ring is 1. The highest BCUT2D eigenvalue weighted by Crippen LogP contribution is 2.22. The molecular weight excluding hydrogens is 288 g/mol. The molecule has 0 radical (unpaired) electrons. The van der Waals surface area contributed by atoms with Crippen molar-refractivity contribution in [3.63, 3.8) is 0 Å². The molecule has 1 heterocycles. The number of aromatic nitrogens is 1. The molecule has 2 aromatic rings. The maximum absolute atomic E-state index is 12.0. The van der Waals surface area contributed by atoms with Crippen molar-refractivity contribution in [2.75, 3.05) is 24.6 Å². The van der Waals surface area contributed by atoms with Gasteiger partial charge in [-0.3, -0.25) is 14.7 Å². The number of carbonyl (C=O) groups is 1. The molecule has 0 aliphatic heterocycles. The summed E-state index contributed by atoms with van der Waals surface area (Å²) in [5, 5.41) is 3.29. The summed E-state index contributed by atoms with van der Waals surface area (Å²) < 4.78 is 0. The van der Waals surface area contributed by atoms with E-state index in [0.717, 1.165) is 5.56 Å². The van der Waals surface area contributed by atoms with E-state index in [1.807, 2.05) is 24.1 Å². The largest absolute Gasteiger partial charge is 0.397 e. The molecule has 0 aliphatic rings. The van der Waals surface area contributed by atoms with Gasteiger partial charge >= 0.3 is 0 Å². The number of nitrogens with zero attached hydrogens (tertiary/aromatic N) is 2. The van der Waals surface area contributed by atoms with Gasteiger partial charge < -0.3 is 11.1 Å². The van der Waals surface area contributed by atoms with Gasteiger partial charge in [-0.15, -0.1) is 0 Å². The molecule has 1 aromatic carbocycles. The summed E-state index contributed by atoms with van der Waals surface area (Å²) >= 11 is 5.89. The third-order valence-electron chi connectivity index (χ3n) is 2.88. The van der Waals surface area contributed by atoms with E-state index in [0.29, 0.717) is 22.9 Å². The smallest absolute Gasteiger partial charge is 0.238 e. The number of halogens is 1. The zero-order chi connectivity index (χ0) is 15.2. The van der Waals surface area contributed by atoms with E-state index >= 15 is 0 Å². The number of benzene rings is 1. The number of nitrogens with one attached hydrogen (secondary N) is 1. The Hall–Kier alpha value is -2.11. The average molecular weight is 305 g/mol. The molecule has 0 spiro atoms. The summed E-state index contributed by atoms with van der Waals surface area (Å²) in [5.74, 6) is -0.143. The fraction of sp³-hybridized carbons (Fsp3) is 0.200. The van der Waals surface area contributed by atoms with Crippen LogP contribution in [0.15, 0.2) is 42.7 Å². The maximum atomic E-state index is 12.0. The van der Waals surface area contributed by atoms with Gasteiger partial charge in [0.1, 0.15) is 0 Å². The van der Waals surface area contributed by atoms with Crippen molar-refractivity contribution in [1.29, 1.82) is 0 Å². The van der Waals surface area contributed by atoms with Gasteiger partial charge in [0.05, 0.1) is 17.9 Å². The number of likely N-dealkylation sites (N-methyl/N-ethyl adjacent to an activating group) is 1. The molecule has 0 saturated carbocycles. The third-order valence-corrected chi connectivity index (χ3v) is 3.11. The summed E-state index contributed by atoms with van der Waals surface area (Å²) in [6, 6.07) is 8.82.